The molecule has 140 valence electrons. The van der Waals surface area contributed by atoms with E-state index in [1.165, 1.54) is 31.1 Å². The number of hydrogen-bond acceptors (Lipinski definition) is 3. The molecule has 1 saturated heterocycles. The maximum absolute atomic E-state index is 12.4. The van der Waals surface area contributed by atoms with Crippen LogP contribution < -0.4 is 0 Å². The van der Waals surface area contributed by atoms with Gasteiger partial charge in [0.25, 0.3) is 0 Å². The van der Waals surface area contributed by atoms with Gasteiger partial charge in [0, 0.05) is 11.3 Å². The molecule has 6 atom stereocenters. The summed E-state index contributed by atoms with van der Waals surface area (Å²) in [5.74, 6) is 2.25. The Bertz CT molecular complexity index is 889. The average molecular weight is 361 g/mol. The summed E-state index contributed by atoms with van der Waals surface area (Å²) < 4.78 is 5.67. The topological polar surface area (TPSA) is 39.2 Å². The van der Waals surface area contributed by atoms with Gasteiger partial charge >= 0.3 is 5.97 Å². The van der Waals surface area contributed by atoms with Gasteiger partial charge in [0.05, 0.1) is 17.1 Å². The van der Waals surface area contributed by atoms with Crippen LogP contribution in [0.2, 0.25) is 0 Å². The molecule has 1 aromatic carbocycles. The Morgan fingerprint density at radius 1 is 1.11 bits per heavy atom. The van der Waals surface area contributed by atoms with Crippen LogP contribution in [0, 0.1) is 29.6 Å². The fourth-order valence-electron chi connectivity index (χ4n) is 5.97. The van der Waals surface area contributed by atoms with Crippen LogP contribution in [0.4, 0.5) is 0 Å². The number of para-hydroxylation sites is 1. The van der Waals surface area contributed by atoms with Crippen LogP contribution in [0.3, 0.4) is 0 Å². The lowest BCUT2D eigenvalue weighted by molar-refractivity contribution is -0.144. The van der Waals surface area contributed by atoms with Crippen molar-refractivity contribution in [1.29, 1.82) is 0 Å². The Morgan fingerprint density at radius 3 is 2.89 bits per heavy atom. The maximum atomic E-state index is 12.4. The number of ether oxygens (including phenoxy) is 1. The van der Waals surface area contributed by atoms with Crippen molar-refractivity contribution >= 4 is 22.9 Å². The molecule has 2 saturated carbocycles. The second kappa shape index (κ2) is 6.78. The number of benzene rings is 1. The number of fused-ring (bicyclic) bond motifs is 3. The average Bonchev–Trinajstić information content (AvgIpc) is 2.98. The maximum Gasteiger partial charge on any atom is 0.309 e. The standard InChI is InChI=1S/C24H27NO2/c1-15-23-20(13-12-18-11-10-16-6-3-5-9-22(16)25-18)19-8-4-2-7-17(19)14-21(23)24(26)27-15/h3,5-6,9-13,15,17,19-21,23H,2,4,7-8,14H2,1H3/b13-12+/t15-,17+,19-,20+,21-,23+/m1/s1. The van der Waals surface area contributed by atoms with E-state index in [4.69, 9.17) is 9.72 Å². The highest BCUT2D eigenvalue weighted by Gasteiger charge is 2.53. The predicted octanol–water partition coefficient (Wildman–Crippen LogP) is 5.25. The molecule has 0 amide bonds. The molecule has 1 aliphatic heterocycles. The van der Waals surface area contributed by atoms with E-state index in [0.717, 1.165) is 17.6 Å². The number of hydrogen-bond donors (Lipinski definition) is 0. The van der Waals surface area contributed by atoms with Crippen LogP contribution in [0.15, 0.2) is 42.5 Å². The van der Waals surface area contributed by atoms with Gasteiger partial charge in [-0.1, -0.05) is 49.6 Å². The van der Waals surface area contributed by atoms with Gasteiger partial charge in [0.1, 0.15) is 6.10 Å². The number of carbonyl (C=O) groups excluding carboxylic acids is 1. The fourth-order valence-corrected chi connectivity index (χ4v) is 5.97. The van der Waals surface area contributed by atoms with Crippen molar-refractivity contribution in [3.63, 3.8) is 0 Å². The Morgan fingerprint density at radius 2 is 1.96 bits per heavy atom. The lowest BCUT2D eigenvalue weighted by Gasteiger charge is -2.45. The van der Waals surface area contributed by atoms with Crippen molar-refractivity contribution in [1.82, 2.24) is 4.98 Å². The minimum atomic E-state index is 0.0320. The summed E-state index contributed by atoms with van der Waals surface area (Å²) in [5, 5.41) is 1.17. The molecule has 3 fully saturated rings. The highest BCUT2D eigenvalue weighted by atomic mass is 16.6. The third-order valence-corrected chi connectivity index (χ3v) is 7.18. The van der Waals surface area contributed by atoms with Gasteiger partial charge in [-0.15, -0.1) is 0 Å². The van der Waals surface area contributed by atoms with Crippen molar-refractivity contribution in [2.24, 2.45) is 29.6 Å². The smallest absolute Gasteiger partial charge is 0.309 e. The van der Waals surface area contributed by atoms with Crippen LogP contribution in [-0.2, 0) is 9.53 Å². The van der Waals surface area contributed by atoms with Crippen LogP contribution in [0.25, 0.3) is 17.0 Å². The summed E-state index contributed by atoms with van der Waals surface area (Å²) in [5.41, 5.74) is 2.03. The van der Waals surface area contributed by atoms with Crippen molar-refractivity contribution in [3.8, 4) is 0 Å². The van der Waals surface area contributed by atoms with Gasteiger partial charge in [0.15, 0.2) is 0 Å². The second-order valence-corrected chi connectivity index (χ2v) is 8.64. The first-order chi connectivity index (χ1) is 13.2. The molecule has 0 radical (unpaired) electrons. The number of allylic oxidation sites excluding steroid dienone is 1. The molecule has 0 unspecified atom stereocenters. The van der Waals surface area contributed by atoms with E-state index in [1.54, 1.807) is 0 Å². The zero-order valence-electron chi connectivity index (χ0n) is 15.9. The molecule has 5 rings (SSSR count). The van der Waals surface area contributed by atoms with Crippen molar-refractivity contribution < 1.29 is 9.53 Å². The van der Waals surface area contributed by atoms with E-state index >= 15 is 0 Å². The van der Waals surface area contributed by atoms with Gasteiger partial charge in [-0.3, -0.25) is 4.79 Å². The fraction of sp³-hybridized carbons (Fsp3) is 0.500. The van der Waals surface area contributed by atoms with E-state index in [1.807, 2.05) is 12.1 Å². The molecular weight excluding hydrogens is 334 g/mol. The highest BCUT2D eigenvalue weighted by molar-refractivity contribution is 5.79. The number of nitrogens with zero attached hydrogens (tertiary/aromatic N) is 1. The normalized spacial score (nSPS) is 35.8. The summed E-state index contributed by atoms with van der Waals surface area (Å²) in [6.45, 7) is 2.08. The lowest BCUT2D eigenvalue weighted by Crippen LogP contribution is -2.42. The molecule has 0 spiro atoms. The molecule has 0 N–H and O–H groups in total. The number of pyridine rings is 1. The summed E-state index contributed by atoms with van der Waals surface area (Å²) >= 11 is 0. The van der Waals surface area contributed by atoms with Crippen molar-refractivity contribution in [3.05, 3.63) is 48.2 Å². The quantitative estimate of drug-likeness (QED) is 0.686. The third kappa shape index (κ3) is 2.97. The van der Waals surface area contributed by atoms with Crippen LogP contribution in [-0.4, -0.2) is 17.1 Å². The van der Waals surface area contributed by atoms with Crippen LogP contribution >= 0.6 is 0 Å². The molecule has 0 bridgehead atoms. The molecule has 27 heavy (non-hydrogen) atoms. The van der Waals surface area contributed by atoms with Gasteiger partial charge in [-0.25, -0.2) is 4.98 Å². The van der Waals surface area contributed by atoms with Gasteiger partial charge in [-0.05, 0) is 55.7 Å². The van der Waals surface area contributed by atoms with Gasteiger partial charge in [-0.2, -0.15) is 0 Å². The van der Waals surface area contributed by atoms with E-state index in [0.29, 0.717) is 23.7 Å². The summed E-state index contributed by atoms with van der Waals surface area (Å²) in [6.07, 6.45) is 10.8. The first kappa shape index (κ1) is 17.0. The first-order valence-corrected chi connectivity index (χ1v) is 10.5. The van der Waals surface area contributed by atoms with Crippen LogP contribution in [0.1, 0.15) is 44.7 Å². The third-order valence-electron chi connectivity index (χ3n) is 7.18. The molecule has 2 aliphatic carbocycles. The second-order valence-electron chi connectivity index (χ2n) is 8.64. The van der Waals surface area contributed by atoms with Gasteiger partial charge in [0.2, 0.25) is 0 Å². The largest absolute Gasteiger partial charge is 0.462 e. The monoisotopic (exact) mass is 361 g/mol. The molecule has 3 aliphatic rings. The molecular formula is C24H27NO2. The van der Waals surface area contributed by atoms with E-state index < -0.39 is 0 Å². The van der Waals surface area contributed by atoms with Crippen LogP contribution in [0.5, 0.6) is 0 Å². The molecule has 2 heterocycles. The predicted molar refractivity (Wildman–Crippen MR) is 107 cm³/mol. The lowest BCUT2D eigenvalue weighted by atomic mass is 9.57. The van der Waals surface area contributed by atoms with E-state index in [-0.39, 0.29) is 18.0 Å². The van der Waals surface area contributed by atoms with Crippen molar-refractivity contribution in [2.45, 2.75) is 45.1 Å². The van der Waals surface area contributed by atoms with E-state index in [2.05, 4.69) is 43.3 Å². The van der Waals surface area contributed by atoms with Gasteiger partial charge < -0.3 is 4.74 Å². The number of rotatable bonds is 2. The molecule has 2 aromatic rings. The molecule has 1 aromatic heterocycles. The molecule has 3 heteroatoms. The van der Waals surface area contributed by atoms with Crippen molar-refractivity contribution in [2.75, 3.05) is 0 Å². The Kier molecular flexibility index (Phi) is 4.26. The summed E-state index contributed by atoms with van der Waals surface area (Å²) in [6, 6.07) is 12.5. The Labute approximate surface area is 160 Å². The Balaban J connectivity index is 1.47. The zero-order valence-corrected chi connectivity index (χ0v) is 15.9. The molecule has 3 nitrogen and oxygen atoms in total. The highest BCUT2D eigenvalue weighted by Crippen LogP contribution is 2.53. The zero-order chi connectivity index (χ0) is 18.4. The minimum Gasteiger partial charge on any atom is -0.462 e. The van der Waals surface area contributed by atoms with E-state index in [9.17, 15) is 4.79 Å². The first-order valence-electron chi connectivity index (χ1n) is 10.5. The SMILES string of the molecule is C[C@H]1OC(=O)[C@@H]2C[C@@H]3CCCC[C@H]3[C@H](/C=C/c3ccc4ccccc4n3)[C@H]12. The number of aromatic nitrogens is 1. The summed E-state index contributed by atoms with van der Waals surface area (Å²) in [4.78, 5) is 17.2. The minimum absolute atomic E-state index is 0.0320. The number of carbonyl (C=O) groups is 1. The number of cyclic esters (lactones) is 1. The Hall–Kier alpha value is -2.16. The summed E-state index contributed by atoms with van der Waals surface area (Å²) in [7, 11) is 0. The number of esters is 1.